The standard InChI is InChI=1S/C12H23NO3S/c1-13-8-4-7-12(14)10-5-3-6-11(9-10)17(2,15)16/h10-11,13H,3-9H2,1-2H3. The van der Waals surface area contributed by atoms with Gasteiger partial charge >= 0.3 is 0 Å². The first kappa shape index (κ1) is 14.6. The van der Waals surface area contributed by atoms with Crippen LogP contribution in [0.3, 0.4) is 0 Å². The zero-order chi connectivity index (χ0) is 12.9. The van der Waals surface area contributed by atoms with E-state index in [-0.39, 0.29) is 17.0 Å². The number of Topliss-reactive ketones (excluding diaryl/α,β-unsaturated/α-hetero) is 1. The fraction of sp³-hybridized carbons (Fsp3) is 0.917. The summed E-state index contributed by atoms with van der Waals surface area (Å²) >= 11 is 0. The maximum absolute atomic E-state index is 11.9. The van der Waals surface area contributed by atoms with E-state index in [0.717, 1.165) is 32.2 Å². The summed E-state index contributed by atoms with van der Waals surface area (Å²) in [5.41, 5.74) is 0. The number of sulfone groups is 1. The minimum atomic E-state index is -2.98. The average Bonchev–Trinajstić information content (AvgIpc) is 2.28. The Hall–Kier alpha value is -0.420. The largest absolute Gasteiger partial charge is 0.320 e. The maximum atomic E-state index is 11.9. The lowest BCUT2D eigenvalue weighted by molar-refractivity contribution is -0.123. The van der Waals surface area contributed by atoms with Crippen LogP contribution in [-0.2, 0) is 14.6 Å². The molecule has 1 N–H and O–H groups in total. The first-order valence-corrected chi connectivity index (χ1v) is 8.26. The molecule has 1 aliphatic carbocycles. The van der Waals surface area contributed by atoms with E-state index in [1.54, 1.807) is 0 Å². The Morgan fingerprint density at radius 2 is 2.06 bits per heavy atom. The fourth-order valence-electron chi connectivity index (χ4n) is 2.47. The molecule has 1 aliphatic rings. The summed E-state index contributed by atoms with van der Waals surface area (Å²) in [6.45, 7) is 0.841. The second-order valence-electron chi connectivity index (χ2n) is 4.99. The van der Waals surface area contributed by atoms with Gasteiger partial charge in [-0.3, -0.25) is 4.79 Å². The predicted octanol–water partition coefficient (Wildman–Crippen LogP) is 1.16. The van der Waals surface area contributed by atoms with Crippen molar-refractivity contribution in [1.82, 2.24) is 5.32 Å². The summed E-state index contributed by atoms with van der Waals surface area (Å²) in [4.78, 5) is 11.9. The highest BCUT2D eigenvalue weighted by atomic mass is 32.2. The normalized spacial score (nSPS) is 25.8. The lowest BCUT2D eigenvalue weighted by atomic mass is 9.84. The first-order valence-electron chi connectivity index (χ1n) is 6.31. The van der Waals surface area contributed by atoms with E-state index in [0.29, 0.717) is 12.8 Å². The van der Waals surface area contributed by atoms with Crippen molar-refractivity contribution in [2.24, 2.45) is 5.92 Å². The Bertz CT molecular complexity index is 351. The molecule has 0 bridgehead atoms. The van der Waals surface area contributed by atoms with Gasteiger partial charge in [-0.25, -0.2) is 8.42 Å². The van der Waals surface area contributed by atoms with Crippen LogP contribution in [0.1, 0.15) is 38.5 Å². The minimum absolute atomic E-state index is 0.0275. The molecule has 1 saturated carbocycles. The Balaban J connectivity index is 2.46. The third-order valence-electron chi connectivity index (χ3n) is 3.54. The van der Waals surface area contributed by atoms with Crippen LogP contribution in [-0.4, -0.2) is 39.3 Å². The van der Waals surface area contributed by atoms with E-state index in [2.05, 4.69) is 5.32 Å². The summed E-state index contributed by atoms with van der Waals surface area (Å²) in [5.74, 6) is 0.217. The van der Waals surface area contributed by atoms with Crippen molar-refractivity contribution in [2.45, 2.75) is 43.8 Å². The monoisotopic (exact) mass is 261 g/mol. The highest BCUT2D eigenvalue weighted by Gasteiger charge is 2.31. The van der Waals surface area contributed by atoms with E-state index >= 15 is 0 Å². The van der Waals surface area contributed by atoms with Crippen molar-refractivity contribution in [3.05, 3.63) is 0 Å². The van der Waals surface area contributed by atoms with Gasteiger partial charge in [0.25, 0.3) is 0 Å². The molecule has 0 aromatic heterocycles. The second-order valence-corrected chi connectivity index (χ2v) is 7.31. The van der Waals surface area contributed by atoms with Gasteiger partial charge in [0.15, 0.2) is 0 Å². The molecule has 0 aromatic carbocycles. The summed E-state index contributed by atoms with van der Waals surface area (Å²) in [7, 11) is -1.12. The molecule has 0 saturated heterocycles. The molecule has 0 amide bonds. The molecule has 17 heavy (non-hydrogen) atoms. The summed E-state index contributed by atoms with van der Waals surface area (Å²) in [5, 5.41) is 2.71. The van der Waals surface area contributed by atoms with E-state index in [1.165, 1.54) is 6.26 Å². The van der Waals surface area contributed by atoms with E-state index in [1.807, 2.05) is 7.05 Å². The van der Waals surface area contributed by atoms with Gasteiger partial charge in [-0.15, -0.1) is 0 Å². The SMILES string of the molecule is CNCCCC(=O)C1CCCC(S(C)(=O)=O)C1. The van der Waals surface area contributed by atoms with Crippen LogP contribution >= 0.6 is 0 Å². The van der Waals surface area contributed by atoms with Gasteiger partial charge in [-0.2, -0.15) is 0 Å². The molecule has 5 heteroatoms. The molecular formula is C12H23NO3S. The molecule has 0 aliphatic heterocycles. The Morgan fingerprint density at radius 1 is 1.35 bits per heavy atom. The molecule has 0 heterocycles. The van der Waals surface area contributed by atoms with Crippen molar-refractivity contribution < 1.29 is 13.2 Å². The number of carbonyl (C=O) groups excluding carboxylic acids is 1. The van der Waals surface area contributed by atoms with Gasteiger partial charge in [0.2, 0.25) is 0 Å². The number of hydrogen-bond acceptors (Lipinski definition) is 4. The molecule has 2 atom stereocenters. The molecule has 2 unspecified atom stereocenters. The molecule has 1 rings (SSSR count). The molecular weight excluding hydrogens is 238 g/mol. The highest BCUT2D eigenvalue weighted by Crippen LogP contribution is 2.29. The molecule has 100 valence electrons. The lowest BCUT2D eigenvalue weighted by Crippen LogP contribution is -2.31. The molecule has 0 aromatic rings. The lowest BCUT2D eigenvalue weighted by Gasteiger charge is -2.27. The fourth-order valence-corrected chi connectivity index (χ4v) is 3.65. The average molecular weight is 261 g/mol. The van der Waals surface area contributed by atoms with Gasteiger partial charge < -0.3 is 5.32 Å². The number of nitrogens with one attached hydrogen (secondary N) is 1. The van der Waals surface area contributed by atoms with E-state index < -0.39 is 9.84 Å². The summed E-state index contributed by atoms with van der Waals surface area (Å²) in [6.07, 6.45) is 5.68. The van der Waals surface area contributed by atoms with Gasteiger partial charge in [-0.1, -0.05) is 6.42 Å². The van der Waals surface area contributed by atoms with Crippen molar-refractivity contribution in [3.63, 3.8) is 0 Å². The summed E-state index contributed by atoms with van der Waals surface area (Å²) < 4.78 is 23.0. The van der Waals surface area contributed by atoms with Crippen molar-refractivity contribution in [2.75, 3.05) is 19.8 Å². The smallest absolute Gasteiger partial charge is 0.150 e. The summed E-state index contributed by atoms with van der Waals surface area (Å²) in [6, 6.07) is 0. The predicted molar refractivity (Wildman–Crippen MR) is 68.8 cm³/mol. The van der Waals surface area contributed by atoms with Crippen LogP contribution in [0.5, 0.6) is 0 Å². The Labute approximate surface area is 104 Å². The van der Waals surface area contributed by atoms with E-state index in [4.69, 9.17) is 0 Å². The van der Waals surface area contributed by atoms with Crippen molar-refractivity contribution >= 4 is 15.6 Å². The molecule has 1 fully saturated rings. The molecule has 0 radical (unpaired) electrons. The third kappa shape index (κ3) is 4.76. The zero-order valence-corrected chi connectivity index (χ0v) is 11.6. The van der Waals surface area contributed by atoms with Crippen molar-refractivity contribution in [3.8, 4) is 0 Å². The van der Waals surface area contributed by atoms with Gasteiger partial charge in [0.1, 0.15) is 15.6 Å². The van der Waals surface area contributed by atoms with Crippen LogP contribution < -0.4 is 5.32 Å². The van der Waals surface area contributed by atoms with Crippen molar-refractivity contribution in [1.29, 1.82) is 0 Å². The highest BCUT2D eigenvalue weighted by molar-refractivity contribution is 7.91. The Morgan fingerprint density at radius 3 is 2.65 bits per heavy atom. The van der Waals surface area contributed by atoms with Gasteiger partial charge in [-0.05, 0) is 39.3 Å². The molecule has 4 nitrogen and oxygen atoms in total. The Kier molecular flexibility index (Phi) is 5.59. The quantitative estimate of drug-likeness (QED) is 0.729. The van der Waals surface area contributed by atoms with E-state index in [9.17, 15) is 13.2 Å². The molecule has 0 spiro atoms. The third-order valence-corrected chi connectivity index (χ3v) is 5.18. The van der Waals surface area contributed by atoms with Crippen LogP contribution in [0, 0.1) is 5.92 Å². The van der Waals surface area contributed by atoms with Gasteiger partial charge in [0, 0.05) is 18.6 Å². The maximum Gasteiger partial charge on any atom is 0.150 e. The number of carbonyl (C=O) groups is 1. The number of rotatable bonds is 6. The van der Waals surface area contributed by atoms with Crippen LogP contribution in [0.4, 0.5) is 0 Å². The van der Waals surface area contributed by atoms with Crippen LogP contribution in [0.25, 0.3) is 0 Å². The van der Waals surface area contributed by atoms with Crippen LogP contribution in [0.2, 0.25) is 0 Å². The topological polar surface area (TPSA) is 63.2 Å². The second kappa shape index (κ2) is 6.50. The first-order chi connectivity index (χ1) is 7.95. The minimum Gasteiger partial charge on any atom is -0.320 e. The number of hydrogen-bond donors (Lipinski definition) is 1. The van der Waals surface area contributed by atoms with Crippen LogP contribution in [0.15, 0.2) is 0 Å². The zero-order valence-electron chi connectivity index (χ0n) is 10.7. The number of ketones is 1. The van der Waals surface area contributed by atoms with Gasteiger partial charge in [0.05, 0.1) is 5.25 Å².